The number of carbonyl (C=O) groups excluding carboxylic acids is 1. The molecular formula is C26H32N2O4. The van der Waals surface area contributed by atoms with Crippen molar-refractivity contribution in [1.29, 1.82) is 0 Å². The van der Waals surface area contributed by atoms with E-state index >= 15 is 0 Å². The number of aliphatic hydroxyl groups is 1. The molecule has 6 nitrogen and oxygen atoms in total. The summed E-state index contributed by atoms with van der Waals surface area (Å²) in [5, 5.41) is 14.3. The van der Waals surface area contributed by atoms with Gasteiger partial charge in [-0.15, -0.1) is 0 Å². The Bertz CT molecular complexity index is 941. The summed E-state index contributed by atoms with van der Waals surface area (Å²) in [6.45, 7) is 4.50. The average molecular weight is 437 g/mol. The van der Waals surface area contributed by atoms with Crippen molar-refractivity contribution in [3.05, 3.63) is 83.2 Å². The van der Waals surface area contributed by atoms with Gasteiger partial charge in [-0.05, 0) is 62.4 Å². The van der Waals surface area contributed by atoms with Crippen LogP contribution < -0.4 is 5.32 Å². The Labute approximate surface area is 189 Å². The summed E-state index contributed by atoms with van der Waals surface area (Å²) in [5.74, 6) is 0.811. The van der Waals surface area contributed by atoms with Gasteiger partial charge in [0.25, 0.3) is 0 Å². The van der Waals surface area contributed by atoms with Gasteiger partial charge in [-0.1, -0.05) is 42.5 Å². The minimum Gasteiger partial charge on any atom is -0.465 e. The Balaban J connectivity index is 1.45. The summed E-state index contributed by atoms with van der Waals surface area (Å²) in [6, 6.07) is 7.36. The lowest BCUT2D eigenvalue weighted by atomic mass is 10.0. The van der Waals surface area contributed by atoms with Crippen molar-refractivity contribution in [2.45, 2.75) is 51.2 Å². The van der Waals surface area contributed by atoms with Gasteiger partial charge in [0, 0.05) is 6.54 Å². The van der Waals surface area contributed by atoms with Crippen LogP contribution in [0.1, 0.15) is 36.8 Å². The Morgan fingerprint density at radius 1 is 1.22 bits per heavy atom. The van der Waals surface area contributed by atoms with Crippen molar-refractivity contribution < 1.29 is 19.4 Å². The van der Waals surface area contributed by atoms with Crippen molar-refractivity contribution in [3.63, 3.8) is 0 Å². The normalized spacial score (nSPS) is 20.4. The number of aryl methyl sites for hydroxylation is 1. The van der Waals surface area contributed by atoms with Crippen LogP contribution in [0.25, 0.3) is 0 Å². The van der Waals surface area contributed by atoms with Gasteiger partial charge in [-0.25, -0.2) is 0 Å². The van der Waals surface area contributed by atoms with Gasteiger partial charge in [0.2, 0.25) is 5.91 Å². The van der Waals surface area contributed by atoms with E-state index in [4.69, 9.17) is 9.47 Å². The standard InChI is InChI=1S/C26H32N2O4/c1-19-9-5-6-12-21(19)15-25(29)27-22(16-28-13-7-8-14-28)26(30)24-18-31-17-23(32-24)20-10-3-2-4-11-20/h2-3,5-6,9-10,12,17-18,22,26,30H,4,7-8,11,13-16H2,1H3,(H,27,29)/t22-,26-/m1/s1. The first-order chi connectivity index (χ1) is 15.6. The highest BCUT2D eigenvalue weighted by atomic mass is 16.6. The van der Waals surface area contributed by atoms with Crippen LogP contribution in [-0.2, 0) is 20.7 Å². The number of aliphatic hydroxyl groups excluding tert-OH is 1. The maximum atomic E-state index is 12.9. The third-order valence-electron chi connectivity index (χ3n) is 6.20. The van der Waals surface area contributed by atoms with Gasteiger partial charge in [0.15, 0.2) is 11.5 Å². The van der Waals surface area contributed by atoms with E-state index in [1.54, 1.807) is 6.26 Å². The van der Waals surface area contributed by atoms with Gasteiger partial charge in [0.1, 0.15) is 18.6 Å². The molecule has 1 aromatic rings. The maximum absolute atomic E-state index is 12.9. The number of allylic oxidation sites excluding steroid dienone is 4. The van der Waals surface area contributed by atoms with Crippen molar-refractivity contribution in [2.24, 2.45) is 0 Å². The van der Waals surface area contributed by atoms with Gasteiger partial charge in [-0.2, -0.15) is 0 Å². The average Bonchev–Trinajstić information content (AvgIpc) is 3.33. The molecule has 32 heavy (non-hydrogen) atoms. The second-order valence-corrected chi connectivity index (χ2v) is 8.63. The van der Waals surface area contributed by atoms with Crippen molar-refractivity contribution in [2.75, 3.05) is 19.6 Å². The summed E-state index contributed by atoms with van der Waals surface area (Å²) in [6.07, 6.45) is 12.4. The molecule has 3 aliphatic rings. The molecule has 2 aliphatic heterocycles. The zero-order chi connectivity index (χ0) is 22.3. The quantitative estimate of drug-likeness (QED) is 0.653. The number of hydrogen-bond acceptors (Lipinski definition) is 5. The van der Waals surface area contributed by atoms with Gasteiger partial charge >= 0.3 is 0 Å². The second-order valence-electron chi connectivity index (χ2n) is 8.63. The molecular weight excluding hydrogens is 404 g/mol. The lowest BCUT2D eigenvalue weighted by molar-refractivity contribution is -0.122. The monoisotopic (exact) mass is 436 g/mol. The number of hydrogen-bond donors (Lipinski definition) is 2. The van der Waals surface area contributed by atoms with Crippen molar-refractivity contribution in [1.82, 2.24) is 10.2 Å². The number of amides is 1. The first-order valence-electron chi connectivity index (χ1n) is 11.4. The molecule has 170 valence electrons. The zero-order valence-electron chi connectivity index (χ0n) is 18.6. The number of likely N-dealkylation sites (tertiary alicyclic amines) is 1. The zero-order valence-corrected chi connectivity index (χ0v) is 18.6. The molecule has 0 saturated carbocycles. The minimum atomic E-state index is -1.01. The molecule has 1 aromatic carbocycles. The topological polar surface area (TPSA) is 71.0 Å². The molecule has 1 aliphatic carbocycles. The highest BCUT2D eigenvalue weighted by molar-refractivity contribution is 5.79. The molecule has 1 fully saturated rings. The van der Waals surface area contributed by atoms with E-state index in [0.717, 1.165) is 55.5 Å². The predicted molar refractivity (Wildman–Crippen MR) is 123 cm³/mol. The van der Waals surface area contributed by atoms with E-state index in [9.17, 15) is 9.90 Å². The first kappa shape index (κ1) is 22.4. The molecule has 0 spiro atoms. The Kier molecular flexibility index (Phi) is 7.45. The molecule has 1 amide bonds. The van der Waals surface area contributed by atoms with Gasteiger partial charge in [0.05, 0.1) is 12.5 Å². The molecule has 2 N–H and O–H groups in total. The lowest BCUT2D eigenvalue weighted by Crippen LogP contribution is -2.51. The van der Waals surface area contributed by atoms with Crippen LogP contribution in [-0.4, -0.2) is 47.7 Å². The molecule has 0 radical (unpaired) electrons. The van der Waals surface area contributed by atoms with E-state index in [1.165, 1.54) is 6.26 Å². The van der Waals surface area contributed by atoms with Crippen LogP contribution >= 0.6 is 0 Å². The van der Waals surface area contributed by atoms with Gasteiger partial charge in [-0.3, -0.25) is 4.79 Å². The lowest BCUT2D eigenvalue weighted by Gasteiger charge is -2.31. The molecule has 0 bridgehead atoms. The Morgan fingerprint density at radius 2 is 2.03 bits per heavy atom. The molecule has 4 rings (SSSR count). The van der Waals surface area contributed by atoms with E-state index in [1.807, 2.05) is 43.3 Å². The smallest absolute Gasteiger partial charge is 0.224 e. The molecule has 0 aromatic heterocycles. The number of rotatable bonds is 8. The number of carbonyl (C=O) groups is 1. The third kappa shape index (κ3) is 5.69. The highest BCUT2D eigenvalue weighted by Crippen LogP contribution is 2.28. The summed E-state index contributed by atoms with van der Waals surface area (Å²) >= 11 is 0. The van der Waals surface area contributed by atoms with Crippen LogP contribution in [0.15, 0.2) is 72.1 Å². The van der Waals surface area contributed by atoms with Crippen molar-refractivity contribution in [3.8, 4) is 0 Å². The second kappa shape index (κ2) is 10.7. The van der Waals surface area contributed by atoms with Crippen LogP contribution in [0, 0.1) is 6.92 Å². The molecule has 0 unspecified atom stereocenters. The number of nitrogens with zero attached hydrogens (tertiary/aromatic N) is 1. The predicted octanol–water partition coefficient (Wildman–Crippen LogP) is 3.49. The SMILES string of the molecule is Cc1ccccc1CC(=O)N[C@H](CN1CCCC1)[C@@H](O)C1=COC=C(C2=CC=CCC2)O1. The number of ether oxygens (including phenoxy) is 2. The highest BCUT2D eigenvalue weighted by Gasteiger charge is 2.31. The maximum Gasteiger partial charge on any atom is 0.224 e. The Morgan fingerprint density at radius 3 is 2.78 bits per heavy atom. The largest absolute Gasteiger partial charge is 0.465 e. The fourth-order valence-electron chi connectivity index (χ4n) is 4.32. The summed E-state index contributed by atoms with van der Waals surface area (Å²) in [7, 11) is 0. The minimum absolute atomic E-state index is 0.115. The van der Waals surface area contributed by atoms with E-state index in [-0.39, 0.29) is 12.3 Å². The van der Waals surface area contributed by atoms with Crippen molar-refractivity contribution >= 4 is 5.91 Å². The third-order valence-corrected chi connectivity index (χ3v) is 6.20. The molecule has 1 saturated heterocycles. The van der Waals surface area contributed by atoms with Crippen LogP contribution in [0.3, 0.4) is 0 Å². The molecule has 2 heterocycles. The summed E-state index contributed by atoms with van der Waals surface area (Å²) in [4.78, 5) is 15.2. The van der Waals surface area contributed by atoms with E-state index in [2.05, 4.69) is 16.3 Å². The van der Waals surface area contributed by atoms with Crippen LogP contribution in [0.2, 0.25) is 0 Å². The van der Waals surface area contributed by atoms with Gasteiger partial charge < -0.3 is 24.8 Å². The summed E-state index contributed by atoms with van der Waals surface area (Å²) in [5.41, 5.74) is 3.10. The number of nitrogens with one attached hydrogen (secondary N) is 1. The van der Waals surface area contributed by atoms with Crippen LogP contribution in [0.5, 0.6) is 0 Å². The fourth-order valence-corrected chi connectivity index (χ4v) is 4.32. The number of benzene rings is 1. The van der Waals surface area contributed by atoms with E-state index < -0.39 is 12.1 Å². The Hall–Kier alpha value is -2.83. The van der Waals surface area contributed by atoms with Crippen LogP contribution in [0.4, 0.5) is 0 Å². The molecule has 2 atom stereocenters. The first-order valence-corrected chi connectivity index (χ1v) is 11.4. The fraction of sp³-hybridized carbons (Fsp3) is 0.423. The molecule has 6 heteroatoms. The summed E-state index contributed by atoms with van der Waals surface area (Å²) < 4.78 is 11.5. The van der Waals surface area contributed by atoms with E-state index in [0.29, 0.717) is 18.1 Å².